The van der Waals surface area contributed by atoms with Crippen LogP contribution >= 0.6 is 0 Å². The molecule has 0 radical (unpaired) electrons. The molecule has 0 saturated carbocycles. The summed E-state index contributed by atoms with van der Waals surface area (Å²) in [5, 5.41) is 1.04. The van der Waals surface area contributed by atoms with Crippen molar-refractivity contribution in [2.75, 3.05) is 37.6 Å². The molecule has 0 unspecified atom stereocenters. The van der Waals surface area contributed by atoms with E-state index >= 15 is 0 Å². The number of nitrogens with zero attached hydrogens (tertiary/aromatic N) is 3. The number of para-hydroxylation sites is 2. The van der Waals surface area contributed by atoms with Gasteiger partial charge in [0, 0.05) is 54.4 Å². The molecule has 1 atom stereocenters. The molecule has 6 rings (SSSR count). The summed E-state index contributed by atoms with van der Waals surface area (Å²) in [6.45, 7) is 2.07. The molecule has 4 aromatic rings. The molecule has 2 amide bonds. The number of fused-ring (bicyclic) bond motifs is 2. The van der Waals surface area contributed by atoms with Crippen LogP contribution in [0, 0.1) is 5.82 Å². The number of carbonyl (C=O) groups is 2. The van der Waals surface area contributed by atoms with Crippen molar-refractivity contribution in [3.63, 3.8) is 0 Å². The zero-order valence-electron chi connectivity index (χ0n) is 19.2. The number of amides is 2. The molecule has 0 bridgehead atoms. The number of halogens is 1. The highest BCUT2D eigenvalue weighted by molar-refractivity contribution is 6.02. The summed E-state index contributed by atoms with van der Waals surface area (Å²) in [5.74, 6) is -0.479. The van der Waals surface area contributed by atoms with Crippen molar-refractivity contribution in [2.24, 2.45) is 0 Å². The summed E-state index contributed by atoms with van der Waals surface area (Å²) in [6.07, 6.45) is 1.94. The van der Waals surface area contributed by atoms with Crippen molar-refractivity contribution >= 4 is 28.4 Å². The number of carbonyl (C=O) groups excluding carboxylic acids is 2. The molecular formula is C28H25FN4O2. The number of piperazine rings is 1. The maximum absolute atomic E-state index is 14.2. The molecule has 7 heteroatoms. The van der Waals surface area contributed by atoms with Crippen LogP contribution in [0.1, 0.15) is 27.5 Å². The lowest BCUT2D eigenvalue weighted by atomic mass is 9.97. The average molecular weight is 469 g/mol. The third-order valence-corrected chi connectivity index (χ3v) is 7.11. The van der Waals surface area contributed by atoms with Gasteiger partial charge in [-0.3, -0.25) is 9.59 Å². The number of benzene rings is 3. The van der Waals surface area contributed by atoms with Crippen LogP contribution in [0.2, 0.25) is 0 Å². The standard InChI is InChI=1S/C28H25FN4O2/c29-23-10-4-6-12-25(23)31-13-15-32(16-14-31)26(34)18-33-27(20-8-1-2-9-21(20)28(33)35)22-17-30-24-11-5-3-7-19(22)24/h1-12,17,27,30H,13-16,18H2/t27-/m1/s1. The molecule has 2 aliphatic heterocycles. The zero-order valence-corrected chi connectivity index (χ0v) is 19.2. The number of aromatic nitrogens is 1. The van der Waals surface area contributed by atoms with Gasteiger partial charge in [0.15, 0.2) is 0 Å². The van der Waals surface area contributed by atoms with Gasteiger partial charge in [-0.05, 0) is 29.8 Å². The van der Waals surface area contributed by atoms with E-state index in [-0.39, 0.29) is 30.2 Å². The first-order valence-corrected chi connectivity index (χ1v) is 11.8. The zero-order chi connectivity index (χ0) is 23.9. The van der Waals surface area contributed by atoms with Gasteiger partial charge in [0.1, 0.15) is 12.4 Å². The molecule has 1 saturated heterocycles. The van der Waals surface area contributed by atoms with Gasteiger partial charge in [-0.15, -0.1) is 0 Å². The van der Waals surface area contributed by atoms with Gasteiger partial charge >= 0.3 is 0 Å². The van der Waals surface area contributed by atoms with Crippen LogP contribution in [0.4, 0.5) is 10.1 Å². The van der Waals surface area contributed by atoms with E-state index in [4.69, 9.17) is 0 Å². The summed E-state index contributed by atoms with van der Waals surface area (Å²) < 4.78 is 14.2. The normalized spacial score (nSPS) is 17.8. The van der Waals surface area contributed by atoms with E-state index in [9.17, 15) is 14.0 Å². The molecule has 6 nitrogen and oxygen atoms in total. The number of hydrogen-bond acceptors (Lipinski definition) is 3. The van der Waals surface area contributed by atoms with Gasteiger partial charge in [-0.25, -0.2) is 4.39 Å². The maximum atomic E-state index is 14.2. The molecule has 3 aromatic carbocycles. The number of rotatable bonds is 4. The third-order valence-electron chi connectivity index (χ3n) is 7.11. The van der Waals surface area contributed by atoms with E-state index in [2.05, 4.69) is 4.98 Å². The SMILES string of the molecule is O=C(CN1C(=O)c2ccccc2[C@@H]1c1c[nH]c2ccccc12)N1CCN(c2ccccc2F)CC1. The Bertz CT molecular complexity index is 1420. The Morgan fingerprint density at radius 2 is 1.60 bits per heavy atom. The molecular weight excluding hydrogens is 443 g/mol. The van der Waals surface area contributed by atoms with E-state index in [1.54, 1.807) is 21.9 Å². The minimum Gasteiger partial charge on any atom is -0.366 e. The lowest BCUT2D eigenvalue weighted by Gasteiger charge is -2.37. The lowest BCUT2D eigenvalue weighted by Crippen LogP contribution is -2.51. The summed E-state index contributed by atoms with van der Waals surface area (Å²) in [6, 6.07) is 22.0. The Morgan fingerprint density at radius 1 is 0.886 bits per heavy atom. The van der Waals surface area contributed by atoms with Crippen LogP contribution in [0.25, 0.3) is 10.9 Å². The number of aromatic amines is 1. The molecule has 0 aliphatic carbocycles. The second-order valence-corrected chi connectivity index (χ2v) is 9.03. The van der Waals surface area contributed by atoms with Crippen molar-refractivity contribution < 1.29 is 14.0 Å². The van der Waals surface area contributed by atoms with Gasteiger partial charge in [0.05, 0.1) is 11.7 Å². The molecule has 35 heavy (non-hydrogen) atoms. The van der Waals surface area contributed by atoms with Crippen LogP contribution < -0.4 is 4.90 Å². The molecule has 1 aromatic heterocycles. The summed E-state index contributed by atoms with van der Waals surface area (Å²) in [4.78, 5) is 35.5. The highest BCUT2D eigenvalue weighted by Gasteiger charge is 2.40. The average Bonchev–Trinajstić information content (AvgIpc) is 3.43. The van der Waals surface area contributed by atoms with Gasteiger partial charge < -0.3 is 19.7 Å². The summed E-state index contributed by atoms with van der Waals surface area (Å²) in [7, 11) is 0. The van der Waals surface area contributed by atoms with E-state index < -0.39 is 0 Å². The highest BCUT2D eigenvalue weighted by Crippen LogP contribution is 2.41. The van der Waals surface area contributed by atoms with E-state index in [1.807, 2.05) is 65.7 Å². The van der Waals surface area contributed by atoms with Crippen molar-refractivity contribution in [3.05, 3.63) is 102 Å². The summed E-state index contributed by atoms with van der Waals surface area (Å²) >= 11 is 0. The number of nitrogens with one attached hydrogen (secondary N) is 1. The van der Waals surface area contributed by atoms with E-state index in [1.165, 1.54) is 6.07 Å². The number of H-pyrrole nitrogens is 1. The Balaban J connectivity index is 1.24. The van der Waals surface area contributed by atoms with Crippen molar-refractivity contribution in [2.45, 2.75) is 6.04 Å². The van der Waals surface area contributed by atoms with Crippen LogP contribution in [-0.4, -0.2) is 59.3 Å². The summed E-state index contributed by atoms with van der Waals surface area (Å²) in [5.41, 5.74) is 4.09. The predicted molar refractivity (Wildman–Crippen MR) is 133 cm³/mol. The monoisotopic (exact) mass is 468 g/mol. The Hall–Kier alpha value is -4.13. The molecule has 2 aliphatic rings. The van der Waals surface area contributed by atoms with Crippen LogP contribution in [0.3, 0.4) is 0 Å². The van der Waals surface area contributed by atoms with Crippen LogP contribution in [0.5, 0.6) is 0 Å². The fourth-order valence-electron chi connectivity index (χ4n) is 5.34. The van der Waals surface area contributed by atoms with Crippen LogP contribution in [-0.2, 0) is 4.79 Å². The predicted octanol–water partition coefficient (Wildman–Crippen LogP) is 4.20. The van der Waals surface area contributed by atoms with Gasteiger partial charge in [0.2, 0.25) is 5.91 Å². The maximum Gasteiger partial charge on any atom is 0.255 e. The van der Waals surface area contributed by atoms with Crippen molar-refractivity contribution in [1.29, 1.82) is 0 Å². The highest BCUT2D eigenvalue weighted by atomic mass is 19.1. The quantitative estimate of drug-likeness (QED) is 0.488. The lowest BCUT2D eigenvalue weighted by molar-refractivity contribution is -0.132. The molecule has 176 valence electrons. The van der Waals surface area contributed by atoms with E-state index in [0.29, 0.717) is 37.4 Å². The number of anilines is 1. The first kappa shape index (κ1) is 21.4. The smallest absolute Gasteiger partial charge is 0.255 e. The van der Waals surface area contributed by atoms with Crippen molar-refractivity contribution in [1.82, 2.24) is 14.8 Å². The topological polar surface area (TPSA) is 59.7 Å². The number of hydrogen-bond donors (Lipinski definition) is 1. The van der Waals surface area contributed by atoms with Crippen LogP contribution in [0.15, 0.2) is 79.0 Å². The molecule has 3 heterocycles. The third kappa shape index (κ3) is 3.64. The molecule has 1 N–H and O–H groups in total. The molecule has 0 spiro atoms. The first-order valence-electron chi connectivity index (χ1n) is 11.8. The minimum absolute atomic E-state index is 0.00259. The Labute approximate surface area is 202 Å². The minimum atomic E-state index is -0.335. The Kier molecular flexibility index (Phi) is 5.25. The fraction of sp³-hybridized carbons (Fsp3) is 0.214. The van der Waals surface area contributed by atoms with Gasteiger partial charge in [-0.1, -0.05) is 48.5 Å². The van der Waals surface area contributed by atoms with E-state index in [0.717, 1.165) is 22.0 Å². The van der Waals surface area contributed by atoms with Gasteiger partial charge in [-0.2, -0.15) is 0 Å². The second-order valence-electron chi connectivity index (χ2n) is 9.03. The van der Waals surface area contributed by atoms with Crippen molar-refractivity contribution in [3.8, 4) is 0 Å². The Morgan fingerprint density at radius 3 is 2.43 bits per heavy atom. The largest absolute Gasteiger partial charge is 0.366 e. The van der Waals surface area contributed by atoms with Gasteiger partial charge in [0.25, 0.3) is 5.91 Å². The first-order chi connectivity index (χ1) is 17.1. The second kappa shape index (κ2) is 8.58. The molecule has 1 fully saturated rings. The fourth-order valence-corrected chi connectivity index (χ4v) is 5.34.